The third-order valence-electron chi connectivity index (χ3n) is 5.74. The smallest absolute Gasteiger partial charge is 0.365 e. The molecule has 1 fully saturated rings. The lowest BCUT2D eigenvalue weighted by atomic mass is 10.0. The minimum atomic E-state index is -4.41. The monoisotopic (exact) mass is 474 g/mol. The SMILES string of the molecule is CNC(=O)C1CN(c2nnc(-c3cccc(C)n3)n2Cc2ccc(C(F)(F)F)cc2C)CCO1. The van der Waals surface area contributed by atoms with Gasteiger partial charge in [-0.1, -0.05) is 12.1 Å². The highest BCUT2D eigenvalue weighted by Gasteiger charge is 2.32. The molecule has 1 amide bonds. The number of alkyl halides is 3. The van der Waals surface area contributed by atoms with Gasteiger partial charge >= 0.3 is 6.18 Å². The minimum Gasteiger partial charge on any atom is -0.365 e. The molecule has 1 unspecified atom stereocenters. The normalized spacial score (nSPS) is 16.5. The fraction of sp³-hybridized carbons (Fsp3) is 0.391. The van der Waals surface area contributed by atoms with Crippen molar-refractivity contribution in [2.45, 2.75) is 32.7 Å². The zero-order valence-corrected chi connectivity index (χ0v) is 19.1. The maximum Gasteiger partial charge on any atom is 0.416 e. The van der Waals surface area contributed by atoms with Crippen LogP contribution in [0.4, 0.5) is 19.1 Å². The second kappa shape index (κ2) is 9.41. The van der Waals surface area contributed by atoms with E-state index in [9.17, 15) is 18.0 Å². The number of carbonyl (C=O) groups is 1. The molecule has 34 heavy (non-hydrogen) atoms. The van der Waals surface area contributed by atoms with Gasteiger partial charge in [-0.3, -0.25) is 9.36 Å². The number of likely N-dealkylation sites (N-methyl/N-ethyl adjacent to an activating group) is 1. The van der Waals surface area contributed by atoms with Crippen molar-refractivity contribution in [2.24, 2.45) is 0 Å². The summed E-state index contributed by atoms with van der Waals surface area (Å²) in [4.78, 5) is 18.6. The lowest BCUT2D eigenvalue weighted by Crippen LogP contribution is -2.50. The van der Waals surface area contributed by atoms with Crippen LogP contribution in [0.5, 0.6) is 0 Å². The van der Waals surface area contributed by atoms with Crippen LogP contribution in [-0.2, 0) is 22.3 Å². The Morgan fingerprint density at radius 2 is 2.00 bits per heavy atom. The third kappa shape index (κ3) is 4.89. The van der Waals surface area contributed by atoms with E-state index in [1.165, 1.54) is 6.07 Å². The Balaban J connectivity index is 1.75. The Kier molecular flexibility index (Phi) is 6.56. The molecule has 3 aromatic rings. The molecule has 1 aliphatic heterocycles. The molecule has 11 heteroatoms. The average Bonchev–Trinajstić information content (AvgIpc) is 3.23. The van der Waals surface area contributed by atoms with E-state index < -0.39 is 17.8 Å². The summed E-state index contributed by atoms with van der Waals surface area (Å²) in [5.74, 6) is 0.741. The first-order valence-electron chi connectivity index (χ1n) is 10.8. The van der Waals surface area contributed by atoms with Crippen molar-refractivity contribution in [3.63, 3.8) is 0 Å². The van der Waals surface area contributed by atoms with E-state index in [2.05, 4.69) is 20.5 Å². The summed E-state index contributed by atoms with van der Waals surface area (Å²) < 4.78 is 46.9. The number of hydrogen-bond acceptors (Lipinski definition) is 6. The van der Waals surface area contributed by atoms with Gasteiger partial charge in [0.05, 0.1) is 25.3 Å². The van der Waals surface area contributed by atoms with Crippen molar-refractivity contribution >= 4 is 11.9 Å². The summed E-state index contributed by atoms with van der Waals surface area (Å²) in [6, 6.07) is 9.22. The van der Waals surface area contributed by atoms with Crippen LogP contribution >= 0.6 is 0 Å². The van der Waals surface area contributed by atoms with E-state index in [4.69, 9.17) is 4.74 Å². The van der Waals surface area contributed by atoms with E-state index in [1.807, 2.05) is 34.6 Å². The van der Waals surface area contributed by atoms with E-state index in [1.54, 1.807) is 14.0 Å². The predicted molar refractivity (Wildman–Crippen MR) is 119 cm³/mol. The number of carbonyl (C=O) groups excluding carboxylic acids is 1. The van der Waals surface area contributed by atoms with Gasteiger partial charge in [-0.25, -0.2) is 4.98 Å². The van der Waals surface area contributed by atoms with Gasteiger partial charge in [0.25, 0.3) is 5.91 Å². The number of hydrogen-bond donors (Lipinski definition) is 1. The number of anilines is 1. The molecule has 3 heterocycles. The quantitative estimate of drug-likeness (QED) is 0.612. The number of nitrogens with one attached hydrogen (secondary N) is 1. The highest BCUT2D eigenvalue weighted by atomic mass is 19.4. The number of halogens is 3. The zero-order chi connectivity index (χ0) is 24.5. The van der Waals surface area contributed by atoms with Gasteiger partial charge < -0.3 is 15.0 Å². The standard InChI is InChI=1S/C23H25F3N6O2/c1-14-11-17(23(24,25)26)8-7-16(14)12-32-20(18-6-4-5-15(2)28-18)29-30-22(32)31-9-10-34-19(13-31)21(33)27-3/h4-8,11,19H,9-10,12-13H2,1-3H3,(H,27,33). The van der Waals surface area contributed by atoms with Gasteiger partial charge in [0.2, 0.25) is 5.95 Å². The second-order valence-electron chi connectivity index (χ2n) is 8.13. The van der Waals surface area contributed by atoms with Crippen LogP contribution < -0.4 is 10.2 Å². The van der Waals surface area contributed by atoms with Crippen LogP contribution in [0, 0.1) is 13.8 Å². The molecule has 0 saturated carbocycles. The molecule has 0 bridgehead atoms. The van der Waals surface area contributed by atoms with Gasteiger partial charge in [0.1, 0.15) is 5.69 Å². The predicted octanol–water partition coefficient (Wildman–Crippen LogP) is 2.98. The summed E-state index contributed by atoms with van der Waals surface area (Å²) in [5.41, 5.74) is 1.89. The number of pyridine rings is 1. The van der Waals surface area contributed by atoms with Crippen LogP contribution in [0.25, 0.3) is 11.5 Å². The van der Waals surface area contributed by atoms with Crippen molar-refractivity contribution in [1.82, 2.24) is 25.1 Å². The van der Waals surface area contributed by atoms with Crippen LogP contribution in [-0.4, -0.2) is 58.5 Å². The first-order chi connectivity index (χ1) is 16.2. The fourth-order valence-corrected chi connectivity index (χ4v) is 3.90. The molecule has 0 spiro atoms. The highest BCUT2D eigenvalue weighted by Crippen LogP contribution is 2.31. The second-order valence-corrected chi connectivity index (χ2v) is 8.13. The first-order valence-corrected chi connectivity index (χ1v) is 10.8. The summed E-state index contributed by atoms with van der Waals surface area (Å²) in [7, 11) is 1.54. The maximum atomic E-state index is 13.2. The lowest BCUT2D eigenvalue weighted by Gasteiger charge is -2.32. The molecule has 180 valence electrons. The van der Waals surface area contributed by atoms with Gasteiger partial charge in [0, 0.05) is 19.3 Å². The minimum absolute atomic E-state index is 0.235. The van der Waals surface area contributed by atoms with Gasteiger partial charge in [-0.05, 0) is 49.2 Å². The maximum absolute atomic E-state index is 13.2. The first kappa shape index (κ1) is 23.7. The van der Waals surface area contributed by atoms with Crippen LogP contribution in [0.2, 0.25) is 0 Å². The van der Waals surface area contributed by atoms with Crippen LogP contribution in [0.3, 0.4) is 0 Å². The Hall–Kier alpha value is -3.47. The molecule has 0 aliphatic carbocycles. The van der Waals surface area contributed by atoms with E-state index in [0.29, 0.717) is 41.7 Å². The summed E-state index contributed by atoms with van der Waals surface area (Å²) in [6.07, 6.45) is -5.08. The molecule has 1 aliphatic rings. The number of morpholine rings is 1. The molecule has 1 aromatic carbocycles. The van der Waals surface area contributed by atoms with E-state index in [0.717, 1.165) is 17.8 Å². The summed E-state index contributed by atoms with van der Waals surface area (Å²) in [6.45, 7) is 4.82. The highest BCUT2D eigenvalue weighted by molar-refractivity contribution is 5.81. The molecule has 1 atom stereocenters. The number of ether oxygens (including phenoxy) is 1. The molecular formula is C23H25F3N6O2. The van der Waals surface area contributed by atoms with Gasteiger partial charge in [0.15, 0.2) is 11.9 Å². The number of amides is 1. The Morgan fingerprint density at radius 3 is 2.68 bits per heavy atom. The molecule has 4 rings (SSSR count). The number of nitrogens with zero attached hydrogens (tertiary/aromatic N) is 5. The molecule has 2 aromatic heterocycles. The van der Waals surface area contributed by atoms with Gasteiger partial charge in [-0.2, -0.15) is 13.2 Å². The number of aromatic nitrogens is 4. The Labute approximate surface area is 194 Å². The van der Waals surface area contributed by atoms with Crippen LogP contribution in [0.1, 0.15) is 22.4 Å². The van der Waals surface area contributed by atoms with Crippen molar-refractivity contribution in [3.05, 3.63) is 58.8 Å². The largest absolute Gasteiger partial charge is 0.416 e. The van der Waals surface area contributed by atoms with E-state index >= 15 is 0 Å². The van der Waals surface area contributed by atoms with E-state index in [-0.39, 0.29) is 19.0 Å². The summed E-state index contributed by atoms with van der Waals surface area (Å²) >= 11 is 0. The van der Waals surface area contributed by atoms with Gasteiger partial charge in [-0.15, -0.1) is 10.2 Å². The number of benzene rings is 1. The Morgan fingerprint density at radius 1 is 1.21 bits per heavy atom. The molecule has 0 radical (unpaired) electrons. The number of aryl methyl sites for hydroxylation is 2. The molecular weight excluding hydrogens is 449 g/mol. The molecule has 1 saturated heterocycles. The lowest BCUT2D eigenvalue weighted by molar-refractivity contribution is -0.137. The fourth-order valence-electron chi connectivity index (χ4n) is 3.90. The number of rotatable bonds is 5. The summed E-state index contributed by atoms with van der Waals surface area (Å²) in [5, 5.41) is 11.3. The topological polar surface area (TPSA) is 85.2 Å². The Bertz CT molecular complexity index is 1190. The molecule has 1 N–H and O–H groups in total. The van der Waals surface area contributed by atoms with Crippen molar-refractivity contribution < 1.29 is 22.7 Å². The van der Waals surface area contributed by atoms with Crippen LogP contribution in [0.15, 0.2) is 36.4 Å². The van der Waals surface area contributed by atoms with Crippen molar-refractivity contribution in [2.75, 3.05) is 31.6 Å². The van der Waals surface area contributed by atoms with Crippen molar-refractivity contribution in [3.8, 4) is 11.5 Å². The third-order valence-corrected chi connectivity index (χ3v) is 5.74. The average molecular weight is 474 g/mol. The van der Waals surface area contributed by atoms with Crippen molar-refractivity contribution in [1.29, 1.82) is 0 Å². The zero-order valence-electron chi connectivity index (χ0n) is 19.1. The molecule has 8 nitrogen and oxygen atoms in total.